The fourth-order valence-corrected chi connectivity index (χ4v) is 6.79. The summed E-state index contributed by atoms with van der Waals surface area (Å²) in [6.07, 6.45) is 2.25. The third kappa shape index (κ3) is 5.56. The zero-order valence-corrected chi connectivity index (χ0v) is 22.6. The first-order valence-electron chi connectivity index (χ1n) is 11.9. The molecule has 0 bridgehead atoms. The molecule has 1 aliphatic heterocycles. The molecule has 0 fully saturated rings. The van der Waals surface area contributed by atoms with E-state index in [2.05, 4.69) is 12.6 Å². The molecule has 6 nitrogen and oxygen atoms in total. The third-order valence-electron chi connectivity index (χ3n) is 6.45. The minimum Gasteiger partial charge on any atom is -0.491 e. The average molecular weight is 525 g/mol. The Morgan fingerprint density at radius 3 is 2.56 bits per heavy atom. The largest absolute Gasteiger partial charge is 0.491 e. The second-order valence-electron chi connectivity index (χ2n) is 9.13. The van der Waals surface area contributed by atoms with Crippen molar-refractivity contribution in [3.63, 3.8) is 0 Å². The number of amides is 1. The highest BCUT2D eigenvalue weighted by atomic mass is 32.2. The molecule has 0 N–H and O–H groups in total. The van der Waals surface area contributed by atoms with Crippen LogP contribution in [0.1, 0.15) is 33.2 Å². The number of fused-ring (bicyclic) bond motifs is 1. The Morgan fingerprint density at radius 1 is 1.14 bits per heavy atom. The van der Waals surface area contributed by atoms with Crippen molar-refractivity contribution in [1.82, 2.24) is 9.21 Å². The van der Waals surface area contributed by atoms with Crippen molar-refractivity contribution in [2.24, 2.45) is 0 Å². The number of ether oxygens (including phenoxy) is 1. The van der Waals surface area contributed by atoms with E-state index >= 15 is 0 Å². The summed E-state index contributed by atoms with van der Waals surface area (Å²) in [5.74, 6) is 0.532. The summed E-state index contributed by atoms with van der Waals surface area (Å²) in [4.78, 5) is 16.8. The van der Waals surface area contributed by atoms with Crippen LogP contribution in [0.4, 0.5) is 0 Å². The predicted molar refractivity (Wildman–Crippen MR) is 144 cm³/mol. The fraction of sp³-hybridized carbons (Fsp3) is 0.321. The molecule has 1 amide bonds. The third-order valence-corrected chi connectivity index (χ3v) is 9.27. The maximum atomic E-state index is 13.6. The summed E-state index contributed by atoms with van der Waals surface area (Å²) < 4.78 is 34.1. The van der Waals surface area contributed by atoms with E-state index < -0.39 is 10.0 Å². The summed E-state index contributed by atoms with van der Waals surface area (Å²) in [6, 6.07) is 14.4. The van der Waals surface area contributed by atoms with E-state index in [0.29, 0.717) is 13.2 Å². The molecule has 0 aliphatic carbocycles. The minimum absolute atomic E-state index is 0.0449. The van der Waals surface area contributed by atoms with Crippen LogP contribution in [-0.2, 0) is 21.2 Å². The molecule has 2 heterocycles. The van der Waals surface area contributed by atoms with Crippen molar-refractivity contribution in [3.05, 3.63) is 93.7 Å². The van der Waals surface area contributed by atoms with Gasteiger partial charge in [0.15, 0.2) is 0 Å². The number of sulfonamides is 1. The molecule has 3 aromatic rings. The van der Waals surface area contributed by atoms with E-state index in [1.807, 2.05) is 44.4 Å². The van der Waals surface area contributed by atoms with Gasteiger partial charge in [0.1, 0.15) is 12.4 Å². The SMILES string of the molecule is C=CCN(CC(=O)N1CCc2sccc2[C@H]1COc1ccc(C)cc1C)S(=O)(=O)c1ccc(C)cc1. The first kappa shape index (κ1) is 26.1. The molecule has 0 saturated carbocycles. The molecule has 0 radical (unpaired) electrons. The Balaban J connectivity index is 1.57. The van der Waals surface area contributed by atoms with Gasteiger partial charge < -0.3 is 9.64 Å². The predicted octanol–water partition coefficient (Wildman–Crippen LogP) is 5.06. The normalized spacial score (nSPS) is 15.6. The van der Waals surface area contributed by atoms with E-state index in [0.717, 1.165) is 34.4 Å². The average Bonchev–Trinajstić information content (AvgIpc) is 3.32. The molecule has 36 heavy (non-hydrogen) atoms. The van der Waals surface area contributed by atoms with Crippen LogP contribution in [0, 0.1) is 20.8 Å². The zero-order chi connectivity index (χ0) is 25.9. The van der Waals surface area contributed by atoms with E-state index in [1.54, 1.807) is 40.5 Å². The lowest BCUT2D eigenvalue weighted by Crippen LogP contribution is -2.47. The Bertz CT molecular complexity index is 1350. The number of aryl methyl sites for hydroxylation is 3. The van der Waals surface area contributed by atoms with Gasteiger partial charge in [-0.25, -0.2) is 8.42 Å². The Labute approximate surface area is 217 Å². The molecule has 0 spiro atoms. The summed E-state index contributed by atoms with van der Waals surface area (Å²) in [5.41, 5.74) is 4.23. The van der Waals surface area contributed by atoms with Crippen molar-refractivity contribution >= 4 is 27.3 Å². The smallest absolute Gasteiger partial charge is 0.243 e. The Hall–Kier alpha value is -2.94. The van der Waals surface area contributed by atoms with Gasteiger partial charge >= 0.3 is 0 Å². The van der Waals surface area contributed by atoms with Crippen LogP contribution >= 0.6 is 11.3 Å². The van der Waals surface area contributed by atoms with Gasteiger partial charge in [0.05, 0.1) is 17.5 Å². The van der Waals surface area contributed by atoms with Crippen molar-refractivity contribution in [1.29, 1.82) is 0 Å². The number of hydrogen-bond acceptors (Lipinski definition) is 5. The number of nitrogens with zero attached hydrogens (tertiary/aromatic N) is 2. The van der Waals surface area contributed by atoms with Crippen LogP contribution in [0.15, 0.2) is 71.5 Å². The quantitative estimate of drug-likeness (QED) is 0.367. The molecule has 1 aromatic heterocycles. The standard InChI is InChI=1S/C28H32N2O4S2/c1-5-14-29(36(32,33)23-9-6-20(2)7-10-23)18-28(31)30-15-12-27-24(13-16-35-27)25(30)19-34-26-11-8-21(3)17-22(26)4/h5-11,13,16-17,25H,1,12,14-15,18-19H2,2-4H3/t25-/m1/s1. The van der Waals surface area contributed by atoms with Crippen LogP contribution in [0.2, 0.25) is 0 Å². The molecule has 1 aliphatic rings. The highest BCUT2D eigenvalue weighted by Gasteiger charge is 2.35. The highest BCUT2D eigenvalue weighted by molar-refractivity contribution is 7.89. The van der Waals surface area contributed by atoms with Gasteiger partial charge in [0.25, 0.3) is 0 Å². The van der Waals surface area contributed by atoms with Gasteiger partial charge in [-0.2, -0.15) is 4.31 Å². The number of rotatable bonds is 9. The molecular weight excluding hydrogens is 492 g/mol. The Morgan fingerprint density at radius 2 is 1.86 bits per heavy atom. The lowest BCUT2D eigenvalue weighted by molar-refractivity contribution is -0.135. The topological polar surface area (TPSA) is 66.9 Å². The second-order valence-corrected chi connectivity index (χ2v) is 12.1. The van der Waals surface area contributed by atoms with Crippen molar-refractivity contribution < 1.29 is 17.9 Å². The van der Waals surface area contributed by atoms with E-state index in [1.165, 1.54) is 15.3 Å². The van der Waals surface area contributed by atoms with E-state index in [-0.39, 0.29) is 29.9 Å². The molecular formula is C28H32N2O4S2. The van der Waals surface area contributed by atoms with Gasteiger partial charge in [-0.3, -0.25) is 4.79 Å². The van der Waals surface area contributed by atoms with Crippen molar-refractivity contribution in [2.75, 3.05) is 26.2 Å². The molecule has 8 heteroatoms. The van der Waals surface area contributed by atoms with Gasteiger partial charge in [0.2, 0.25) is 15.9 Å². The molecule has 2 aromatic carbocycles. The lowest BCUT2D eigenvalue weighted by atomic mass is 10.0. The molecule has 1 atom stereocenters. The lowest BCUT2D eigenvalue weighted by Gasteiger charge is -2.37. The Kier molecular flexibility index (Phi) is 7.97. The van der Waals surface area contributed by atoms with Crippen LogP contribution in [0.3, 0.4) is 0 Å². The summed E-state index contributed by atoms with van der Waals surface area (Å²) in [6.45, 7) is 10.2. The molecule has 0 unspecified atom stereocenters. The summed E-state index contributed by atoms with van der Waals surface area (Å²) in [5, 5.41) is 2.04. The van der Waals surface area contributed by atoms with Gasteiger partial charge in [0, 0.05) is 18.0 Å². The van der Waals surface area contributed by atoms with Crippen LogP contribution < -0.4 is 4.74 Å². The number of carbonyl (C=O) groups is 1. The molecule has 4 rings (SSSR count). The van der Waals surface area contributed by atoms with Crippen molar-refractivity contribution in [3.8, 4) is 5.75 Å². The van der Waals surface area contributed by atoms with Gasteiger partial charge in [-0.15, -0.1) is 17.9 Å². The maximum absolute atomic E-state index is 13.6. The van der Waals surface area contributed by atoms with E-state index in [9.17, 15) is 13.2 Å². The monoisotopic (exact) mass is 524 g/mol. The van der Waals surface area contributed by atoms with Crippen LogP contribution in [0.5, 0.6) is 5.75 Å². The summed E-state index contributed by atoms with van der Waals surface area (Å²) in [7, 11) is -3.86. The number of thiophene rings is 1. The molecule has 190 valence electrons. The second kappa shape index (κ2) is 11.0. The highest BCUT2D eigenvalue weighted by Crippen LogP contribution is 2.34. The van der Waals surface area contributed by atoms with Gasteiger partial charge in [-0.05, 0) is 68.0 Å². The van der Waals surface area contributed by atoms with Gasteiger partial charge in [-0.1, -0.05) is 41.5 Å². The minimum atomic E-state index is -3.86. The first-order chi connectivity index (χ1) is 17.2. The van der Waals surface area contributed by atoms with Crippen LogP contribution in [0.25, 0.3) is 0 Å². The fourth-order valence-electron chi connectivity index (χ4n) is 4.50. The zero-order valence-electron chi connectivity index (χ0n) is 20.9. The number of carbonyl (C=O) groups excluding carboxylic acids is 1. The summed E-state index contributed by atoms with van der Waals surface area (Å²) >= 11 is 1.68. The maximum Gasteiger partial charge on any atom is 0.243 e. The van der Waals surface area contributed by atoms with E-state index in [4.69, 9.17) is 4.74 Å². The number of benzene rings is 2. The molecule has 0 saturated heterocycles. The van der Waals surface area contributed by atoms with Crippen molar-refractivity contribution in [2.45, 2.75) is 38.1 Å². The number of hydrogen-bond donors (Lipinski definition) is 0. The van der Waals surface area contributed by atoms with Crippen LogP contribution in [-0.4, -0.2) is 49.8 Å². The first-order valence-corrected chi connectivity index (χ1v) is 14.3.